The maximum absolute atomic E-state index is 6.18. The number of benzene rings is 1. The van der Waals surface area contributed by atoms with Crippen molar-refractivity contribution in [1.29, 1.82) is 0 Å². The minimum Gasteiger partial charge on any atom is -0.378 e. The lowest BCUT2D eigenvalue weighted by molar-refractivity contribution is -0.294. The van der Waals surface area contributed by atoms with Crippen molar-refractivity contribution in [3.05, 3.63) is 35.9 Å². The fraction of sp³-hybridized carbons (Fsp3) is 0.684. The number of ether oxygens (including phenoxy) is 7. The highest BCUT2D eigenvalue weighted by molar-refractivity contribution is 5.17. The Bertz CT molecular complexity index is 546. The van der Waals surface area contributed by atoms with Crippen LogP contribution in [0.25, 0.3) is 0 Å². The van der Waals surface area contributed by atoms with Crippen molar-refractivity contribution >= 4 is 0 Å². The van der Waals surface area contributed by atoms with Crippen molar-refractivity contribution in [1.82, 2.24) is 0 Å². The average molecular weight is 383 g/mol. The van der Waals surface area contributed by atoms with E-state index in [-0.39, 0.29) is 24.4 Å². The Labute approximate surface area is 159 Å². The molecule has 1 aromatic rings. The van der Waals surface area contributed by atoms with Crippen LogP contribution in [0.4, 0.5) is 0 Å². The quantitative estimate of drug-likeness (QED) is 0.595. The summed E-state index contributed by atoms with van der Waals surface area (Å²) in [6.07, 6.45) is -2.36. The normalized spacial score (nSPS) is 33.1. The van der Waals surface area contributed by atoms with Gasteiger partial charge in [-0.05, 0) is 0 Å². The van der Waals surface area contributed by atoms with E-state index in [1.165, 1.54) is 0 Å². The first-order chi connectivity index (χ1) is 13.3. The molecular weight excluding hydrogens is 354 g/mol. The first-order valence-electron chi connectivity index (χ1n) is 9.21. The van der Waals surface area contributed by atoms with E-state index in [9.17, 15) is 0 Å². The van der Waals surface area contributed by atoms with E-state index in [1.807, 2.05) is 30.3 Å². The smallest absolute Gasteiger partial charge is 0.186 e. The Morgan fingerprint density at radius 2 is 1.67 bits per heavy atom. The van der Waals surface area contributed by atoms with Gasteiger partial charge in [-0.3, -0.25) is 0 Å². The van der Waals surface area contributed by atoms with E-state index in [0.29, 0.717) is 33.0 Å². The summed E-state index contributed by atoms with van der Waals surface area (Å²) in [7, 11) is 3.21. The average Bonchev–Trinajstić information content (AvgIpc) is 3.09. The molecule has 2 N–H and O–H groups in total. The van der Waals surface area contributed by atoms with Crippen molar-refractivity contribution in [2.24, 2.45) is 5.73 Å². The fourth-order valence-corrected chi connectivity index (χ4v) is 3.36. The molecule has 0 aliphatic carbocycles. The molecule has 2 saturated heterocycles. The van der Waals surface area contributed by atoms with Crippen molar-refractivity contribution in [2.75, 3.05) is 47.2 Å². The van der Waals surface area contributed by atoms with Crippen LogP contribution >= 0.6 is 0 Å². The van der Waals surface area contributed by atoms with Crippen LogP contribution in [0.2, 0.25) is 0 Å². The van der Waals surface area contributed by atoms with Crippen LogP contribution in [0.15, 0.2) is 30.3 Å². The van der Waals surface area contributed by atoms with Gasteiger partial charge in [0.25, 0.3) is 0 Å². The Balaban J connectivity index is 1.66. The first-order valence-corrected chi connectivity index (χ1v) is 9.21. The summed E-state index contributed by atoms with van der Waals surface area (Å²) >= 11 is 0. The van der Waals surface area contributed by atoms with Gasteiger partial charge in [0, 0.05) is 26.3 Å². The molecule has 0 amide bonds. The van der Waals surface area contributed by atoms with Gasteiger partial charge in [0.15, 0.2) is 12.6 Å². The van der Waals surface area contributed by atoms with E-state index in [2.05, 4.69) is 0 Å². The molecule has 0 radical (unpaired) electrons. The zero-order chi connectivity index (χ0) is 19.1. The summed E-state index contributed by atoms with van der Waals surface area (Å²) in [4.78, 5) is 0. The van der Waals surface area contributed by atoms with E-state index < -0.39 is 12.6 Å². The van der Waals surface area contributed by atoms with Crippen LogP contribution in [0.3, 0.4) is 0 Å². The summed E-state index contributed by atoms with van der Waals surface area (Å²) < 4.78 is 40.4. The van der Waals surface area contributed by atoms with Crippen molar-refractivity contribution in [3.63, 3.8) is 0 Å². The molecule has 8 heteroatoms. The monoisotopic (exact) mass is 383 g/mol. The minimum atomic E-state index is -0.522. The Kier molecular flexibility index (Phi) is 7.98. The molecule has 3 rings (SSSR count). The zero-order valence-electron chi connectivity index (χ0n) is 15.8. The van der Waals surface area contributed by atoms with Gasteiger partial charge < -0.3 is 38.9 Å². The van der Waals surface area contributed by atoms with Crippen molar-refractivity contribution in [2.45, 2.75) is 37.0 Å². The third-order valence-corrected chi connectivity index (χ3v) is 4.65. The minimum absolute atomic E-state index is 0.318. The van der Waals surface area contributed by atoms with Gasteiger partial charge in [0.1, 0.15) is 24.4 Å². The topological polar surface area (TPSA) is 90.6 Å². The predicted molar refractivity (Wildman–Crippen MR) is 96.1 cm³/mol. The SMILES string of the molecule is COC1C2OC(c3ccccc3)OC(COCCOCCN)[C@H]2O[C@@H]1OC. The highest BCUT2D eigenvalue weighted by atomic mass is 16.8. The third-order valence-electron chi connectivity index (χ3n) is 4.65. The Morgan fingerprint density at radius 1 is 0.889 bits per heavy atom. The second-order valence-electron chi connectivity index (χ2n) is 6.40. The molecule has 152 valence electrons. The second kappa shape index (κ2) is 10.4. The lowest BCUT2D eigenvalue weighted by atomic mass is 10.0. The molecular formula is C19H29NO7. The zero-order valence-corrected chi connectivity index (χ0v) is 15.8. The molecule has 2 fully saturated rings. The first kappa shape index (κ1) is 20.6. The maximum atomic E-state index is 6.18. The highest BCUT2D eigenvalue weighted by Gasteiger charge is 2.54. The molecule has 0 saturated carbocycles. The predicted octanol–water partition coefficient (Wildman–Crippen LogP) is 0.847. The van der Waals surface area contributed by atoms with Gasteiger partial charge in [-0.25, -0.2) is 0 Å². The Hall–Kier alpha value is -1.10. The molecule has 6 atom stereocenters. The van der Waals surface area contributed by atoms with Crippen molar-refractivity contribution < 1.29 is 33.2 Å². The third kappa shape index (κ3) is 5.04. The van der Waals surface area contributed by atoms with E-state index in [1.54, 1.807) is 14.2 Å². The van der Waals surface area contributed by atoms with Gasteiger partial charge in [-0.1, -0.05) is 30.3 Å². The molecule has 2 aliphatic rings. The van der Waals surface area contributed by atoms with Crippen LogP contribution in [0, 0.1) is 0 Å². The highest BCUT2D eigenvalue weighted by Crippen LogP contribution is 2.39. The summed E-state index contributed by atoms with van der Waals surface area (Å²) in [5.41, 5.74) is 6.33. The molecule has 0 aromatic heterocycles. The molecule has 8 nitrogen and oxygen atoms in total. The van der Waals surface area contributed by atoms with E-state index in [4.69, 9.17) is 38.9 Å². The molecule has 2 aliphatic heterocycles. The second-order valence-corrected chi connectivity index (χ2v) is 6.40. The number of nitrogens with two attached hydrogens (primary N) is 1. The Morgan fingerprint density at radius 3 is 2.37 bits per heavy atom. The summed E-state index contributed by atoms with van der Waals surface area (Å²) in [5, 5.41) is 0. The van der Waals surface area contributed by atoms with Crippen LogP contribution in [-0.2, 0) is 33.2 Å². The molecule has 1 aromatic carbocycles. The lowest BCUT2D eigenvalue weighted by Crippen LogP contribution is -2.50. The fourth-order valence-electron chi connectivity index (χ4n) is 3.36. The molecule has 4 unspecified atom stereocenters. The molecule has 27 heavy (non-hydrogen) atoms. The van der Waals surface area contributed by atoms with Crippen LogP contribution in [0.1, 0.15) is 11.9 Å². The summed E-state index contributed by atoms with van der Waals surface area (Å²) in [5.74, 6) is 0. The van der Waals surface area contributed by atoms with E-state index in [0.717, 1.165) is 5.56 Å². The maximum Gasteiger partial charge on any atom is 0.186 e. The van der Waals surface area contributed by atoms with Crippen LogP contribution < -0.4 is 5.73 Å². The molecule has 2 heterocycles. The molecule has 0 spiro atoms. The summed E-state index contributed by atoms with van der Waals surface area (Å²) in [6, 6.07) is 9.79. The standard InChI is InChI=1S/C19H29NO7/c1-21-17-16-15(26-19(17)22-2)14(12-24-11-10-23-9-8-20)25-18(27-16)13-6-4-3-5-7-13/h3-7,14-19H,8-12,20H2,1-2H3/t14?,15-,16?,17?,18?,19+/m1/s1. The van der Waals surface area contributed by atoms with Gasteiger partial charge in [-0.2, -0.15) is 0 Å². The largest absolute Gasteiger partial charge is 0.378 e. The van der Waals surface area contributed by atoms with Crippen LogP contribution in [-0.4, -0.2) is 77.9 Å². The van der Waals surface area contributed by atoms with Gasteiger partial charge in [0.2, 0.25) is 0 Å². The number of hydrogen-bond donors (Lipinski definition) is 1. The number of methoxy groups -OCH3 is 2. The number of fused-ring (bicyclic) bond motifs is 1. The van der Waals surface area contributed by atoms with Gasteiger partial charge in [-0.15, -0.1) is 0 Å². The number of hydrogen-bond acceptors (Lipinski definition) is 8. The van der Waals surface area contributed by atoms with Crippen LogP contribution in [0.5, 0.6) is 0 Å². The van der Waals surface area contributed by atoms with Gasteiger partial charge >= 0.3 is 0 Å². The summed E-state index contributed by atoms with van der Waals surface area (Å²) in [6.45, 7) is 2.31. The van der Waals surface area contributed by atoms with Gasteiger partial charge in [0.05, 0.1) is 26.4 Å². The number of rotatable bonds is 10. The van der Waals surface area contributed by atoms with E-state index >= 15 is 0 Å². The van der Waals surface area contributed by atoms with Crippen molar-refractivity contribution in [3.8, 4) is 0 Å². The lowest BCUT2D eigenvalue weighted by Gasteiger charge is -2.38. The molecule has 0 bridgehead atoms.